The van der Waals surface area contributed by atoms with Crippen LogP contribution in [0.15, 0.2) is 72.9 Å². The maximum atomic E-state index is 11.8. The second kappa shape index (κ2) is 7.30. The van der Waals surface area contributed by atoms with Crippen LogP contribution in [0, 0.1) is 23.7 Å². The van der Waals surface area contributed by atoms with Gasteiger partial charge in [-0.2, -0.15) is 5.10 Å². The highest BCUT2D eigenvalue weighted by molar-refractivity contribution is 5.86. The van der Waals surface area contributed by atoms with E-state index in [2.05, 4.69) is 98.4 Å². The van der Waals surface area contributed by atoms with Crippen LogP contribution in [0.5, 0.6) is 0 Å². The molecule has 4 aromatic rings. The zero-order valence-corrected chi connectivity index (χ0v) is 19.8. The van der Waals surface area contributed by atoms with Gasteiger partial charge in [0.25, 0.3) is 0 Å². The van der Waals surface area contributed by atoms with E-state index in [-0.39, 0.29) is 16.7 Å². The molecule has 0 bridgehead atoms. The largest absolute Gasteiger partial charge is 0.388 e. The highest BCUT2D eigenvalue weighted by Gasteiger charge is 2.59. The number of aromatic nitrogens is 2. The quantitative estimate of drug-likeness (QED) is 0.393. The molecular weight excluding hydrogens is 404 g/mol. The highest BCUT2D eigenvalue weighted by atomic mass is 16.3. The third-order valence-corrected chi connectivity index (χ3v) is 9.08. The molecule has 0 radical (unpaired) electrons. The number of benzene rings is 3. The molecule has 3 heteroatoms. The van der Waals surface area contributed by atoms with Crippen LogP contribution in [0.2, 0.25) is 0 Å². The lowest BCUT2D eigenvalue weighted by atomic mass is 9.55. The molecule has 1 aromatic heterocycles. The molecule has 1 unspecified atom stereocenters. The van der Waals surface area contributed by atoms with E-state index in [1.54, 1.807) is 0 Å². The van der Waals surface area contributed by atoms with Crippen molar-refractivity contribution in [2.75, 3.05) is 0 Å². The summed E-state index contributed by atoms with van der Waals surface area (Å²) in [5.41, 5.74) is 6.33. The number of nitrogens with zero attached hydrogens (tertiary/aromatic N) is 2. The molecule has 0 amide bonds. The van der Waals surface area contributed by atoms with Gasteiger partial charge in [0.1, 0.15) is 0 Å². The van der Waals surface area contributed by atoms with Gasteiger partial charge in [-0.1, -0.05) is 74.0 Å². The Hall–Kier alpha value is -2.91. The Morgan fingerprint density at radius 3 is 2.55 bits per heavy atom. The maximum absolute atomic E-state index is 11.8. The first-order valence-corrected chi connectivity index (χ1v) is 12.2. The van der Waals surface area contributed by atoms with Crippen molar-refractivity contribution in [2.24, 2.45) is 16.7 Å². The van der Waals surface area contributed by atoms with Gasteiger partial charge in [-0.15, -0.1) is 0 Å². The van der Waals surface area contributed by atoms with Gasteiger partial charge in [-0.05, 0) is 83.4 Å². The molecule has 33 heavy (non-hydrogen) atoms. The number of hydrogen-bond acceptors (Lipinski definition) is 2. The van der Waals surface area contributed by atoms with Gasteiger partial charge in [-0.25, -0.2) is 4.68 Å². The normalized spacial score (nSPS) is 27.3. The van der Waals surface area contributed by atoms with E-state index < -0.39 is 6.10 Å². The topological polar surface area (TPSA) is 38.0 Å². The number of aryl methyl sites for hydroxylation is 1. The smallest absolute Gasteiger partial charge is 0.0829 e. The van der Waals surface area contributed by atoms with E-state index in [4.69, 9.17) is 5.10 Å². The van der Waals surface area contributed by atoms with E-state index in [0.29, 0.717) is 0 Å². The van der Waals surface area contributed by atoms with Crippen LogP contribution in [0.3, 0.4) is 0 Å². The summed E-state index contributed by atoms with van der Waals surface area (Å²) in [7, 11) is 0. The van der Waals surface area contributed by atoms with Crippen LogP contribution in [0.25, 0.3) is 16.5 Å². The van der Waals surface area contributed by atoms with Gasteiger partial charge in [-0.3, -0.25) is 0 Å². The van der Waals surface area contributed by atoms with Crippen molar-refractivity contribution in [1.82, 2.24) is 9.78 Å². The predicted octanol–water partition coefficient (Wildman–Crippen LogP) is 6.59. The summed E-state index contributed by atoms with van der Waals surface area (Å²) in [4.78, 5) is 0. The third kappa shape index (κ3) is 3.02. The highest BCUT2D eigenvalue weighted by Crippen LogP contribution is 2.64. The molecule has 0 spiro atoms. The minimum absolute atomic E-state index is 0.0253. The lowest BCUT2D eigenvalue weighted by Crippen LogP contribution is -2.45. The predicted molar refractivity (Wildman–Crippen MR) is 134 cm³/mol. The summed E-state index contributed by atoms with van der Waals surface area (Å²) in [6.07, 6.45) is 5.77. The van der Waals surface area contributed by atoms with Gasteiger partial charge >= 0.3 is 0 Å². The third-order valence-electron chi connectivity index (χ3n) is 9.08. The first-order valence-electron chi connectivity index (χ1n) is 12.2. The Kier molecular flexibility index (Phi) is 4.57. The summed E-state index contributed by atoms with van der Waals surface area (Å²) >= 11 is 0. The fourth-order valence-electron chi connectivity index (χ4n) is 6.81. The molecular formula is C30H32N2O. The summed E-state index contributed by atoms with van der Waals surface area (Å²) in [5, 5.41) is 19.0. The van der Waals surface area contributed by atoms with E-state index in [0.717, 1.165) is 36.9 Å². The zero-order valence-electron chi connectivity index (χ0n) is 19.8. The minimum Gasteiger partial charge on any atom is -0.388 e. The fraction of sp³-hybridized carbons (Fsp3) is 0.367. The van der Waals surface area contributed by atoms with Crippen LogP contribution >= 0.6 is 0 Å². The van der Waals surface area contributed by atoms with Crippen molar-refractivity contribution in [1.29, 1.82) is 0 Å². The summed E-state index contributed by atoms with van der Waals surface area (Å²) in [6.45, 7) is 6.98. The molecule has 168 valence electrons. The average molecular weight is 437 g/mol. The Balaban J connectivity index is 1.39. The molecule has 1 heterocycles. The van der Waals surface area contributed by atoms with Crippen LogP contribution in [-0.4, -0.2) is 14.9 Å². The van der Waals surface area contributed by atoms with Gasteiger partial charge in [0.2, 0.25) is 0 Å². The van der Waals surface area contributed by atoms with Crippen LogP contribution in [0.4, 0.5) is 0 Å². The lowest BCUT2D eigenvalue weighted by Gasteiger charge is -2.49. The fourth-order valence-corrected chi connectivity index (χ4v) is 6.81. The van der Waals surface area contributed by atoms with Crippen molar-refractivity contribution in [3.63, 3.8) is 0 Å². The molecule has 0 aliphatic heterocycles. The van der Waals surface area contributed by atoms with Crippen LogP contribution in [-0.2, 0) is 12.8 Å². The molecule has 6 rings (SSSR count). The Morgan fingerprint density at radius 2 is 1.73 bits per heavy atom. The second-order valence-corrected chi connectivity index (χ2v) is 10.9. The second-order valence-electron chi connectivity index (χ2n) is 10.9. The van der Waals surface area contributed by atoms with Gasteiger partial charge in [0, 0.05) is 5.69 Å². The molecule has 3 nitrogen and oxygen atoms in total. The molecule has 1 saturated carbocycles. The molecule has 1 N–H and O–H groups in total. The van der Waals surface area contributed by atoms with Gasteiger partial charge in [0.15, 0.2) is 0 Å². The van der Waals surface area contributed by atoms with Gasteiger partial charge < -0.3 is 5.11 Å². The number of aliphatic hydroxyl groups excluding tert-OH is 1. The van der Waals surface area contributed by atoms with Crippen LogP contribution < -0.4 is 0 Å². The molecule has 3 aromatic carbocycles. The van der Waals surface area contributed by atoms with E-state index in [9.17, 15) is 5.11 Å². The van der Waals surface area contributed by atoms with E-state index in [1.807, 2.05) is 0 Å². The minimum atomic E-state index is -0.461. The Labute approximate surface area is 196 Å². The Morgan fingerprint density at radius 1 is 0.970 bits per heavy atom. The van der Waals surface area contributed by atoms with Crippen molar-refractivity contribution < 1.29 is 5.11 Å². The average Bonchev–Trinajstić information content (AvgIpc) is 3.33. The van der Waals surface area contributed by atoms with Crippen molar-refractivity contribution in [2.45, 2.75) is 52.6 Å². The van der Waals surface area contributed by atoms with Crippen molar-refractivity contribution in [3.8, 4) is 5.69 Å². The van der Waals surface area contributed by atoms with Gasteiger partial charge in [0.05, 0.1) is 18.0 Å². The SMILES string of the molecule is Cc1ccc(-n2ncc3c2CC2(C)CC[C@H]([C@@H](O)c4cccc5ccccc45)[C@@]2(C)C3)cc1. The first-order chi connectivity index (χ1) is 15.9. The molecule has 1 fully saturated rings. The number of fused-ring (bicyclic) bond motifs is 3. The first kappa shape index (κ1) is 20.7. The molecule has 2 aliphatic carbocycles. The Bertz CT molecular complexity index is 1330. The zero-order chi connectivity index (χ0) is 22.8. The maximum Gasteiger partial charge on any atom is 0.0829 e. The van der Waals surface area contributed by atoms with E-state index in [1.165, 1.54) is 27.6 Å². The van der Waals surface area contributed by atoms with Crippen LogP contribution in [0.1, 0.15) is 55.2 Å². The molecule has 0 saturated heterocycles. The molecule has 2 aliphatic rings. The molecule has 4 atom stereocenters. The number of rotatable bonds is 3. The monoisotopic (exact) mass is 436 g/mol. The number of aliphatic hydroxyl groups is 1. The van der Waals surface area contributed by atoms with Crippen molar-refractivity contribution in [3.05, 3.63) is 95.3 Å². The standard InChI is InChI=1S/C30H32N2O/c1-20-11-13-23(14-12-20)32-27-18-29(2)16-15-26(30(29,3)17-22(27)19-31-32)28(33)25-10-6-8-21-7-4-5-9-24(21)25/h4-14,19,26,28,33H,15-18H2,1-3H3/t26-,28+,29?,30-/m1/s1. The summed E-state index contributed by atoms with van der Waals surface area (Å²) < 4.78 is 2.15. The number of hydrogen-bond donors (Lipinski definition) is 1. The summed E-state index contributed by atoms with van der Waals surface area (Å²) in [5.74, 6) is 0.226. The lowest BCUT2D eigenvalue weighted by molar-refractivity contribution is -0.0151. The van der Waals surface area contributed by atoms with E-state index >= 15 is 0 Å². The van der Waals surface area contributed by atoms with Crippen molar-refractivity contribution >= 4 is 10.8 Å². The summed E-state index contributed by atoms with van der Waals surface area (Å²) in [6, 6.07) is 23.4.